The average molecular weight is 535 g/mol. The smallest absolute Gasteiger partial charge is 0.226 e. The Kier molecular flexibility index (Phi) is 7.87. The lowest BCUT2D eigenvalue weighted by Crippen LogP contribution is -2.42. The molecule has 5 rings (SSSR count). The molecule has 2 aromatic carbocycles. The number of nitrogens with one attached hydrogen (secondary N) is 2. The molecule has 1 aliphatic rings. The van der Waals surface area contributed by atoms with Crippen LogP contribution in [-0.2, 0) is 4.79 Å². The van der Waals surface area contributed by atoms with Gasteiger partial charge >= 0.3 is 0 Å². The van der Waals surface area contributed by atoms with Gasteiger partial charge in [0.15, 0.2) is 17.0 Å². The number of anilines is 1. The summed E-state index contributed by atoms with van der Waals surface area (Å²) < 4.78 is 1.71. The number of carbonyl (C=O) groups excluding carboxylic acids is 1. The van der Waals surface area contributed by atoms with Gasteiger partial charge in [0.1, 0.15) is 12.2 Å². The summed E-state index contributed by atoms with van der Waals surface area (Å²) in [4.78, 5) is 25.1. The number of aliphatic hydroxyl groups excluding tert-OH is 2. The Morgan fingerprint density at radius 2 is 1.71 bits per heavy atom. The minimum absolute atomic E-state index is 0.0493. The van der Waals surface area contributed by atoms with E-state index >= 15 is 0 Å². The standard InChI is InChI=1S/C28H31ClN6O3/c1-2-22(36)32-20-15-21(25(38)24(20)37)35-16-31-23-26(33-28(29)34-27(23)35)30-14-13-19(17-9-5-3-6-10-17)18-11-7-4-8-12-18/h3-12,16,19-21,24-25,37-38H,2,13-15H2,1H3,(H,32,36)(H,30,33,34)/t20-,21+,24+,25-/m0/s1. The second-order valence-corrected chi connectivity index (χ2v) is 9.90. The van der Waals surface area contributed by atoms with Crippen molar-refractivity contribution in [1.29, 1.82) is 0 Å². The second-order valence-electron chi connectivity index (χ2n) is 9.57. The van der Waals surface area contributed by atoms with Gasteiger partial charge in [-0.25, -0.2) is 4.98 Å². The Labute approximate surface area is 225 Å². The van der Waals surface area contributed by atoms with E-state index in [2.05, 4.69) is 49.9 Å². The molecule has 2 aromatic heterocycles. The number of rotatable bonds is 9. The zero-order chi connectivity index (χ0) is 26.6. The van der Waals surface area contributed by atoms with Gasteiger partial charge in [-0.1, -0.05) is 67.6 Å². The van der Waals surface area contributed by atoms with Crippen molar-refractivity contribution in [2.75, 3.05) is 11.9 Å². The molecule has 1 saturated carbocycles. The fraction of sp³-hybridized carbons (Fsp3) is 0.357. The number of imidazole rings is 1. The largest absolute Gasteiger partial charge is 0.388 e. The molecular weight excluding hydrogens is 504 g/mol. The SMILES string of the molecule is CCC(=O)N[C@H]1C[C@@H](n2cnc3c(NCCC(c4ccccc4)c4ccccc4)nc(Cl)nc32)[C@H](O)[C@@H]1O. The van der Waals surface area contributed by atoms with Gasteiger partial charge < -0.3 is 25.4 Å². The maximum atomic E-state index is 11.9. The number of carbonyl (C=O) groups is 1. The van der Waals surface area contributed by atoms with Crippen molar-refractivity contribution < 1.29 is 15.0 Å². The van der Waals surface area contributed by atoms with Crippen molar-refractivity contribution in [3.05, 3.63) is 83.4 Å². The van der Waals surface area contributed by atoms with Crippen LogP contribution in [0.1, 0.15) is 49.3 Å². The van der Waals surface area contributed by atoms with Crippen LogP contribution in [0.2, 0.25) is 5.28 Å². The minimum atomic E-state index is -1.10. The third kappa shape index (κ3) is 5.36. The van der Waals surface area contributed by atoms with Gasteiger partial charge in [0.05, 0.1) is 18.4 Å². The van der Waals surface area contributed by atoms with Crippen molar-refractivity contribution in [2.24, 2.45) is 0 Å². The molecule has 0 spiro atoms. The van der Waals surface area contributed by atoms with Crippen LogP contribution in [0.15, 0.2) is 67.0 Å². The highest BCUT2D eigenvalue weighted by Gasteiger charge is 2.43. The van der Waals surface area contributed by atoms with E-state index in [9.17, 15) is 15.0 Å². The molecule has 9 nitrogen and oxygen atoms in total. The fourth-order valence-corrected chi connectivity index (χ4v) is 5.39. The Balaban J connectivity index is 1.36. The van der Waals surface area contributed by atoms with Crippen LogP contribution in [-0.4, -0.2) is 60.4 Å². The highest BCUT2D eigenvalue weighted by Crippen LogP contribution is 2.35. The monoisotopic (exact) mass is 534 g/mol. The van der Waals surface area contributed by atoms with Crippen LogP contribution in [0.5, 0.6) is 0 Å². The predicted molar refractivity (Wildman–Crippen MR) is 146 cm³/mol. The molecule has 1 amide bonds. The number of fused-ring (bicyclic) bond motifs is 1. The Morgan fingerprint density at radius 1 is 1.05 bits per heavy atom. The van der Waals surface area contributed by atoms with Crippen LogP contribution >= 0.6 is 11.6 Å². The number of halogens is 1. The predicted octanol–water partition coefficient (Wildman–Crippen LogP) is 3.68. The normalized spacial score (nSPS) is 21.2. The molecule has 0 aliphatic heterocycles. The molecule has 4 N–H and O–H groups in total. The van der Waals surface area contributed by atoms with Crippen molar-refractivity contribution >= 4 is 34.5 Å². The van der Waals surface area contributed by atoms with Gasteiger partial charge in [-0.2, -0.15) is 9.97 Å². The van der Waals surface area contributed by atoms with E-state index < -0.39 is 24.3 Å². The Bertz CT molecular complexity index is 1340. The third-order valence-corrected chi connectivity index (χ3v) is 7.37. The van der Waals surface area contributed by atoms with Gasteiger partial charge in [0.2, 0.25) is 11.2 Å². The van der Waals surface area contributed by atoms with Crippen LogP contribution in [0.25, 0.3) is 11.2 Å². The molecule has 0 unspecified atom stereocenters. The molecule has 0 bridgehead atoms. The molecule has 10 heteroatoms. The van der Waals surface area contributed by atoms with E-state index in [4.69, 9.17) is 11.6 Å². The van der Waals surface area contributed by atoms with E-state index in [1.807, 2.05) is 36.4 Å². The summed E-state index contributed by atoms with van der Waals surface area (Å²) in [5.41, 5.74) is 3.44. The summed E-state index contributed by atoms with van der Waals surface area (Å²) >= 11 is 6.30. The molecule has 0 radical (unpaired) electrons. The van der Waals surface area contributed by atoms with E-state index in [1.54, 1.807) is 17.8 Å². The lowest BCUT2D eigenvalue weighted by atomic mass is 9.88. The molecule has 4 aromatic rings. The molecule has 2 heterocycles. The highest BCUT2D eigenvalue weighted by molar-refractivity contribution is 6.28. The Morgan fingerprint density at radius 3 is 2.34 bits per heavy atom. The topological polar surface area (TPSA) is 125 Å². The summed E-state index contributed by atoms with van der Waals surface area (Å²) in [5, 5.41) is 27.5. The van der Waals surface area contributed by atoms with Crippen LogP contribution < -0.4 is 10.6 Å². The van der Waals surface area contributed by atoms with Gasteiger partial charge in [-0.15, -0.1) is 0 Å². The number of hydrogen-bond acceptors (Lipinski definition) is 7. The second kappa shape index (κ2) is 11.5. The number of amides is 1. The van der Waals surface area contributed by atoms with Gasteiger partial charge in [-0.05, 0) is 35.6 Å². The number of aliphatic hydroxyl groups is 2. The average Bonchev–Trinajstić information content (AvgIpc) is 3.48. The first kappa shape index (κ1) is 26.1. The van der Waals surface area contributed by atoms with Crippen molar-refractivity contribution in [3.63, 3.8) is 0 Å². The lowest BCUT2D eigenvalue weighted by molar-refractivity contribution is -0.122. The first-order valence-electron chi connectivity index (χ1n) is 12.9. The van der Waals surface area contributed by atoms with Crippen LogP contribution in [0, 0.1) is 0 Å². The maximum absolute atomic E-state index is 11.9. The summed E-state index contributed by atoms with van der Waals surface area (Å²) in [6, 6.07) is 19.7. The quantitative estimate of drug-likeness (QED) is 0.241. The summed E-state index contributed by atoms with van der Waals surface area (Å²) in [7, 11) is 0. The number of hydrogen-bond donors (Lipinski definition) is 4. The molecule has 198 valence electrons. The number of aromatic nitrogens is 4. The van der Waals surface area contributed by atoms with Crippen LogP contribution in [0.3, 0.4) is 0 Å². The van der Waals surface area contributed by atoms with Gasteiger partial charge in [0.25, 0.3) is 0 Å². The van der Waals surface area contributed by atoms with Crippen molar-refractivity contribution in [2.45, 2.75) is 56.4 Å². The van der Waals surface area contributed by atoms with Gasteiger partial charge in [-0.3, -0.25) is 4.79 Å². The molecular formula is C28H31ClN6O3. The molecule has 1 aliphatic carbocycles. The Hall–Kier alpha value is -3.53. The number of nitrogens with zero attached hydrogens (tertiary/aromatic N) is 4. The first-order valence-corrected chi connectivity index (χ1v) is 13.2. The van der Waals surface area contributed by atoms with Gasteiger partial charge in [0, 0.05) is 18.9 Å². The van der Waals surface area contributed by atoms with Crippen molar-refractivity contribution in [1.82, 2.24) is 24.8 Å². The third-order valence-electron chi connectivity index (χ3n) is 7.20. The van der Waals surface area contributed by atoms with E-state index in [0.717, 1.165) is 6.42 Å². The summed E-state index contributed by atoms with van der Waals surface area (Å²) in [6.45, 7) is 2.35. The molecule has 0 saturated heterocycles. The first-order chi connectivity index (χ1) is 18.5. The van der Waals surface area contributed by atoms with Crippen molar-refractivity contribution in [3.8, 4) is 0 Å². The lowest BCUT2D eigenvalue weighted by Gasteiger charge is -2.19. The van der Waals surface area contributed by atoms with E-state index in [0.29, 0.717) is 36.4 Å². The van der Waals surface area contributed by atoms with E-state index in [-0.39, 0.29) is 17.1 Å². The zero-order valence-corrected chi connectivity index (χ0v) is 21.8. The fourth-order valence-electron chi connectivity index (χ4n) is 5.22. The summed E-state index contributed by atoms with van der Waals surface area (Å²) in [5.74, 6) is 0.515. The summed E-state index contributed by atoms with van der Waals surface area (Å²) in [6.07, 6.45) is 0.810. The minimum Gasteiger partial charge on any atom is -0.388 e. The number of benzene rings is 2. The molecule has 4 atom stereocenters. The maximum Gasteiger partial charge on any atom is 0.226 e. The van der Waals surface area contributed by atoms with Crippen LogP contribution in [0.4, 0.5) is 5.82 Å². The molecule has 38 heavy (non-hydrogen) atoms. The van der Waals surface area contributed by atoms with E-state index in [1.165, 1.54) is 11.1 Å². The molecule has 1 fully saturated rings. The zero-order valence-electron chi connectivity index (χ0n) is 21.0. The highest BCUT2D eigenvalue weighted by atomic mass is 35.5.